The smallest absolute Gasteiger partial charge is 0.155 e. The summed E-state index contributed by atoms with van der Waals surface area (Å²) in [6.45, 7) is 11.2. The van der Waals surface area contributed by atoms with Crippen LogP contribution >= 0.6 is 0 Å². The van der Waals surface area contributed by atoms with Gasteiger partial charge in [0.05, 0.1) is 5.54 Å². The zero-order valence-electron chi connectivity index (χ0n) is 14.0. The highest BCUT2D eigenvalue weighted by Crippen LogP contribution is 2.36. The van der Waals surface area contributed by atoms with Crippen LogP contribution in [0.1, 0.15) is 72.6 Å². The first-order valence-electron chi connectivity index (χ1n) is 8.70. The lowest BCUT2D eigenvalue weighted by atomic mass is 9.71. The van der Waals surface area contributed by atoms with Gasteiger partial charge in [-0.1, -0.05) is 26.7 Å². The second-order valence-corrected chi connectivity index (χ2v) is 7.94. The molecule has 1 saturated carbocycles. The van der Waals surface area contributed by atoms with E-state index in [1.54, 1.807) is 0 Å². The van der Waals surface area contributed by atoms with Gasteiger partial charge in [-0.05, 0) is 70.9 Å². The number of carbonyl (C=O) groups is 1. The third kappa shape index (κ3) is 3.63. The van der Waals surface area contributed by atoms with Gasteiger partial charge in [-0.3, -0.25) is 9.69 Å². The Kier molecular flexibility index (Phi) is 5.28. The second-order valence-electron chi connectivity index (χ2n) is 7.94. The molecule has 2 heteroatoms. The minimum absolute atomic E-state index is 0.258. The van der Waals surface area contributed by atoms with Crippen molar-refractivity contribution < 1.29 is 4.79 Å². The van der Waals surface area contributed by atoms with E-state index >= 15 is 0 Å². The molecule has 0 radical (unpaired) electrons. The van der Waals surface area contributed by atoms with Gasteiger partial charge in [0.2, 0.25) is 0 Å². The number of likely N-dealkylation sites (tertiary alicyclic amines) is 1. The number of hydrogen-bond donors (Lipinski definition) is 0. The lowest BCUT2D eigenvalue weighted by Crippen LogP contribution is -2.53. The van der Waals surface area contributed by atoms with E-state index in [1.165, 1.54) is 32.1 Å². The Morgan fingerprint density at radius 2 is 1.40 bits per heavy atom. The topological polar surface area (TPSA) is 20.3 Å². The summed E-state index contributed by atoms with van der Waals surface area (Å²) in [4.78, 5) is 15.5. The molecule has 116 valence electrons. The van der Waals surface area contributed by atoms with Crippen LogP contribution in [0.4, 0.5) is 0 Å². The van der Waals surface area contributed by atoms with Gasteiger partial charge in [0.25, 0.3) is 0 Å². The van der Waals surface area contributed by atoms with Crippen molar-refractivity contribution in [1.29, 1.82) is 0 Å². The molecule has 2 rings (SSSR count). The van der Waals surface area contributed by atoms with Crippen LogP contribution < -0.4 is 0 Å². The van der Waals surface area contributed by atoms with Gasteiger partial charge in [0, 0.05) is 5.92 Å². The first kappa shape index (κ1) is 16.0. The molecule has 20 heavy (non-hydrogen) atoms. The van der Waals surface area contributed by atoms with E-state index in [4.69, 9.17) is 0 Å². The molecule has 2 nitrogen and oxygen atoms in total. The van der Waals surface area contributed by atoms with Gasteiger partial charge in [-0.2, -0.15) is 0 Å². The maximum absolute atomic E-state index is 13.1. The highest BCUT2D eigenvalue weighted by atomic mass is 16.1. The van der Waals surface area contributed by atoms with E-state index in [2.05, 4.69) is 32.6 Å². The number of hydrogen-bond acceptors (Lipinski definition) is 2. The number of nitrogens with zero attached hydrogens (tertiary/aromatic N) is 1. The summed E-state index contributed by atoms with van der Waals surface area (Å²) in [5.74, 6) is 2.24. The molecule has 1 heterocycles. The molecule has 0 spiro atoms. The standard InChI is InChI=1S/C18H33NO/c1-14-11-15(2)13-16(12-14)17(20)18(3,4)19-9-7-5-6-8-10-19/h14-16H,5-13H2,1-4H3. The van der Waals surface area contributed by atoms with Crippen molar-refractivity contribution in [3.05, 3.63) is 0 Å². The minimum atomic E-state index is -0.258. The van der Waals surface area contributed by atoms with E-state index in [-0.39, 0.29) is 5.54 Å². The summed E-state index contributed by atoms with van der Waals surface area (Å²) in [6.07, 6.45) is 8.70. The van der Waals surface area contributed by atoms with Gasteiger partial charge >= 0.3 is 0 Å². The number of carbonyl (C=O) groups excluding carboxylic acids is 1. The fraction of sp³-hybridized carbons (Fsp3) is 0.944. The van der Waals surface area contributed by atoms with Crippen LogP contribution in [0.5, 0.6) is 0 Å². The molecule has 2 atom stereocenters. The maximum Gasteiger partial charge on any atom is 0.155 e. The number of ketones is 1. The second kappa shape index (κ2) is 6.60. The fourth-order valence-corrected chi connectivity index (χ4v) is 4.45. The van der Waals surface area contributed by atoms with Crippen molar-refractivity contribution in [1.82, 2.24) is 4.90 Å². The van der Waals surface area contributed by atoms with Crippen molar-refractivity contribution in [2.75, 3.05) is 13.1 Å². The summed E-state index contributed by atoms with van der Waals surface area (Å²) in [5, 5.41) is 0. The van der Waals surface area contributed by atoms with E-state index in [0.717, 1.165) is 25.9 Å². The molecule has 1 aliphatic carbocycles. The van der Waals surface area contributed by atoms with E-state index in [9.17, 15) is 4.79 Å². The Bertz CT molecular complexity index is 318. The Morgan fingerprint density at radius 3 is 1.90 bits per heavy atom. The van der Waals surface area contributed by atoms with Crippen LogP contribution in [0.3, 0.4) is 0 Å². The zero-order chi connectivity index (χ0) is 14.8. The van der Waals surface area contributed by atoms with Crippen molar-refractivity contribution in [2.24, 2.45) is 17.8 Å². The summed E-state index contributed by atoms with van der Waals surface area (Å²) in [6, 6.07) is 0. The average molecular weight is 279 g/mol. The normalized spacial score (nSPS) is 33.7. The monoisotopic (exact) mass is 279 g/mol. The van der Waals surface area contributed by atoms with Crippen molar-refractivity contribution in [2.45, 2.75) is 78.2 Å². The minimum Gasteiger partial charge on any atom is -0.297 e. The quantitative estimate of drug-likeness (QED) is 0.768. The first-order chi connectivity index (χ1) is 9.41. The molecule has 1 saturated heterocycles. The third-order valence-corrected chi connectivity index (χ3v) is 5.55. The summed E-state index contributed by atoms with van der Waals surface area (Å²) >= 11 is 0. The largest absolute Gasteiger partial charge is 0.297 e. The van der Waals surface area contributed by atoms with Gasteiger partial charge in [0.1, 0.15) is 0 Å². The van der Waals surface area contributed by atoms with Gasteiger partial charge < -0.3 is 0 Å². The van der Waals surface area contributed by atoms with Crippen LogP contribution in [0.2, 0.25) is 0 Å². The third-order valence-electron chi connectivity index (χ3n) is 5.55. The van der Waals surface area contributed by atoms with Crippen molar-refractivity contribution in [3.8, 4) is 0 Å². The van der Waals surface area contributed by atoms with E-state index < -0.39 is 0 Å². The zero-order valence-corrected chi connectivity index (χ0v) is 14.0. The molecule has 0 aromatic carbocycles. The molecule has 0 aromatic heterocycles. The molecule has 2 unspecified atom stereocenters. The van der Waals surface area contributed by atoms with Crippen LogP contribution in [0.25, 0.3) is 0 Å². The molecular weight excluding hydrogens is 246 g/mol. The van der Waals surface area contributed by atoms with Crippen molar-refractivity contribution in [3.63, 3.8) is 0 Å². The molecule has 1 aliphatic heterocycles. The Hall–Kier alpha value is -0.370. The number of Topliss-reactive ketones (excluding diaryl/α,β-unsaturated/α-hetero) is 1. The predicted molar refractivity (Wildman–Crippen MR) is 84.8 cm³/mol. The highest BCUT2D eigenvalue weighted by Gasteiger charge is 2.40. The summed E-state index contributed by atoms with van der Waals surface area (Å²) < 4.78 is 0. The van der Waals surface area contributed by atoms with E-state index in [1.807, 2.05) is 0 Å². The van der Waals surface area contributed by atoms with Crippen LogP contribution in [-0.2, 0) is 4.79 Å². The Morgan fingerprint density at radius 1 is 0.900 bits per heavy atom. The van der Waals surface area contributed by atoms with Crippen LogP contribution in [0.15, 0.2) is 0 Å². The Labute approximate surface area is 125 Å². The molecule has 0 aromatic rings. The Balaban J connectivity index is 2.05. The van der Waals surface area contributed by atoms with Gasteiger partial charge in [-0.25, -0.2) is 0 Å². The lowest BCUT2D eigenvalue weighted by Gasteiger charge is -2.41. The predicted octanol–water partition coefficient (Wildman–Crippen LogP) is 4.28. The SMILES string of the molecule is CC1CC(C)CC(C(=O)C(C)(C)N2CCCCCC2)C1. The molecule has 2 aliphatic rings. The van der Waals surface area contributed by atoms with Crippen LogP contribution in [-0.4, -0.2) is 29.3 Å². The van der Waals surface area contributed by atoms with Gasteiger partial charge in [-0.15, -0.1) is 0 Å². The lowest BCUT2D eigenvalue weighted by molar-refractivity contribution is -0.135. The summed E-state index contributed by atoms with van der Waals surface area (Å²) in [5.41, 5.74) is -0.258. The average Bonchev–Trinajstić information content (AvgIpc) is 2.65. The molecule has 2 fully saturated rings. The molecule has 0 N–H and O–H groups in total. The highest BCUT2D eigenvalue weighted by molar-refractivity contribution is 5.89. The molecular formula is C18H33NO. The molecule has 0 bridgehead atoms. The van der Waals surface area contributed by atoms with Crippen LogP contribution in [0, 0.1) is 17.8 Å². The first-order valence-corrected chi connectivity index (χ1v) is 8.70. The maximum atomic E-state index is 13.1. The van der Waals surface area contributed by atoms with E-state index in [0.29, 0.717) is 23.5 Å². The molecule has 0 amide bonds. The van der Waals surface area contributed by atoms with Crippen molar-refractivity contribution >= 4 is 5.78 Å². The van der Waals surface area contributed by atoms with Gasteiger partial charge in [0.15, 0.2) is 5.78 Å². The fourth-order valence-electron chi connectivity index (χ4n) is 4.45. The number of rotatable bonds is 3. The summed E-state index contributed by atoms with van der Waals surface area (Å²) in [7, 11) is 0.